The van der Waals surface area contributed by atoms with E-state index in [9.17, 15) is 4.79 Å². The average molecular weight is 348 g/mol. The lowest BCUT2D eigenvalue weighted by atomic mass is 9.94. The number of nitrogens with one attached hydrogen (secondary N) is 1. The second-order valence-corrected chi connectivity index (χ2v) is 7.64. The molecular weight excluding hydrogens is 314 g/mol. The Balaban J connectivity index is 1.35. The molecule has 0 aromatic carbocycles. The van der Waals surface area contributed by atoms with E-state index in [1.165, 1.54) is 38.8 Å². The van der Waals surface area contributed by atoms with Crippen molar-refractivity contribution in [3.63, 3.8) is 0 Å². The van der Waals surface area contributed by atoms with Crippen LogP contribution in [0.3, 0.4) is 0 Å². The molecule has 3 rings (SSSR count). The van der Waals surface area contributed by atoms with E-state index in [1.807, 2.05) is 23.6 Å². The zero-order valence-corrected chi connectivity index (χ0v) is 15.6. The monoisotopic (exact) mass is 347 g/mol. The van der Waals surface area contributed by atoms with Crippen molar-refractivity contribution >= 4 is 6.03 Å². The SMILES string of the molecule is CCC1CCN(CCNC(=O)N2CCC[C@@H](Cn3ccnc3)C2)CC1. The zero-order chi connectivity index (χ0) is 17.5. The van der Waals surface area contributed by atoms with Crippen molar-refractivity contribution in [3.8, 4) is 0 Å². The fourth-order valence-electron chi connectivity index (χ4n) is 4.14. The van der Waals surface area contributed by atoms with Gasteiger partial charge >= 0.3 is 6.03 Å². The molecule has 2 fully saturated rings. The second kappa shape index (κ2) is 9.22. The highest BCUT2D eigenvalue weighted by Gasteiger charge is 2.24. The molecular formula is C19H33N5O. The molecule has 0 spiro atoms. The van der Waals surface area contributed by atoms with E-state index in [-0.39, 0.29) is 6.03 Å². The number of amides is 2. The van der Waals surface area contributed by atoms with Gasteiger partial charge in [0.25, 0.3) is 0 Å². The summed E-state index contributed by atoms with van der Waals surface area (Å²) in [7, 11) is 0. The van der Waals surface area contributed by atoms with Crippen molar-refractivity contribution in [1.29, 1.82) is 0 Å². The van der Waals surface area contributed by atoms with Crippen LogP contribution in [0, 0.1) is 11.8 Å². The van der Waals surface area contributed by atoms with Gasteiger partial charge in [-0.25, -0.2) is 9.78 Å². The van der Waals surface area contributed by atoms with Crippen LogP contribution < -0.4 is 5.32 Å². The maximum Gasteiger partial charge on any atom is 0.317 e. The van der Waals surface area contributed by atoms with Crippen LogP contribution in [-0.2, 0) is 6.54 Å². The molecule has 1 aromatic rings. The van der Waals surface area contributed by atoms with Crippen LogP contribution in [0.4, 0.5) is 4.79 Å². The molecule has 0 aliphatic carbocycles. The highest BCUT2D eigenvalue weighted by Crippen LogP contribution is 2.20. The van der Waals surface area contributed by atoms with Crippen LogP contribution in [0.2, 0.25) is 0 Å². The number of urea groups is 1. The van der Waals surface area contributed by atoms with E-state index in [0.717, 1.165) is 45.1 Å². The summed E-state index contributed by atoms with van der Waals surface area (Å²) in [5.74, 6) is 1.44. The summed E-state index contributed by atoms with van der Waals surface area (Å²) in [5, 5.41) is 3.13. The Labute approximate surface area is 151 Å². The molecule has 2 aliphatic rings. The number of nitrogens with zero attached hydrogens (tertiary/aromatic N) is 4. The Bertz CT molecular complexity index is 510. The van der Waals surface area contributed by atoms with Gasteiger partial charge in [-0.1, -0.05) is 13.3 Å². The number of carbonyl (C=O) groups excluding carboxylic acids is 1. The van der Waals surface area contributed by atoms with Crippen LogP contribution in [0.5, 0.6) is 0 Å². The number of piperidine rings is 2. The van der Waals surface area contributed by atoms with Gasteiger partial charge in [0.05, 0.1) is 6.33 Å². The van der Waals surface area contributed by atoms with Gasteiger partial charge < -0.3 is 19.7 Å². The number of aromatic nitrogens is 2. The quantitative estimate of drug-likeness (QED) is 0.860. The fourth-order valence-corrected chi connectivity index (χ4v) is 4.14. The first kappa shape index (κ1) is 18.2. The van der Waals surface area contributed by atoms with Gasteiger partial charge in [-0.15, -0.1) is 0 Å². The molecule has 2 amide bonds. The summed E-state index contributed by atoms with van der Waals surface area (Å²) >= 11 is 0. The van der Waals surface area contributed by atoms with E-state index in [4.69, 9.17) is 0 Å². The van der Waals surface area contributed by atoms with Crippen LogP contribution in [0.25, 0.3) is 0 Å². The molecule has 3 heterocycles. The minimum Gasteiger partial charge on any atom is -0.337 e. The molecule has 6 heteroatoms. The standard InChI is InChI=1S/C19H33N5O/c1-2-17-5-10-22(11-6-17)13-8-21-19(25)24-9-3-4-18(15-24)14-23-12-7-20-16-23/h7,12,16-18H,2-6,8-11,13-15H2,1H3,(H,21,25)/t18-/m0/s1. The summed E-state index contributed by atoms with van der Waals surface area (Å²) in [6.07, 6.45) is 11.9. The predicted octanol–water partition coefficient (Wildman–Crippen LogP) is 2.43. The number of hydrogen-bond donors (Lipinski definition) is 1. The summed E-state index contributed by atoms with van der Waals surface area (Å²) < 4.78 is 2.12. The first-order chi connectivity index (χ1) is 12.2. The van der Waals surface area contributed by atoms with Crippen molar-refractivity contribution in [3.05, 3.63) is 18.7 Å². The Hall–Kier alpha value is -1.56. The Morgan fingerprint density at radius 1 is 1.20 bits per heavy atom. The molecule has 1 aromatic heterocycles. The van der Waals surface area contributed by atoms with Crippen molar-refractivity contribution in [2.45, 2.75) is 45.6 Å². The average Bonchev–Trinajstić information content (AvgIpc) is 3.15. The van der Waals surface area contributed by atoms with Gasteiger partial charge in [0.1, 0.15) is 0 Å². The normalized spacial score (nSPS) is 22.9. The van der Waals surface area contributed by atoms with Gasteiger partial charge in [0, 0.05) is 45.1 Å². The van der Waals surface area contributed by atoms with E-state index >= 15 is 0 Å². The van der Waals surface area contributed by atoms with Crippen molar-refractivity contribution in [2.24, 2.45) is 11.8 Å². The number of imidazole rings is 1. The van der Waals surface area contributed by atoms with Gasteiger partial charge in [-0.3, -0.25) is 0 Å². The molecule has 1 N–H and O–H groups in total. The third kappa shape index (κ3) is 5.46. The van der Waals surface area contributed by atoms with Gasteiger partial charge in [0.15, 0.2) is 0 Å². The number of carbonyl (C=O) groups is 1. The third-order valence-corrected chi connectivity index (χ3v) is 5.82. The predicted molar refractivity (Wildman–Crippen MR) is 99.4 cm³/mol. The minimum atomic E-state index is 0.110. The Kier molecular flexibility index (Phi) is 6.73. The Morgan fingerprint density at radius 3 is 2.76 bits per heavy atom. The maximum atomic E-state index is 12.5. The zero-order valence-electron chi connectivity index (χ0n) is 15.6. The van der Waals surface area contributed by atoms with Crippen molar-refractivity contribution in [1.82, 2.24) is 24.7 Å². The highest BCUT2D eigenvalue weighted by molar-refractivity contribution is 5.74. The maximum absolute atomic E-state index is 12.5. The third-order valence-electron chi connectivity index (χ3n) is 5.82. The molecule has 0 bridgehead atoms. The lowest BCUT2D eigenvalue weighted by Gasteiger charge is -2.34. The summed E-state index contributed by atoms with van der Waals surface area (Å²) in [6, 6.07) is 0.110. The second-order valence-electron chi connectivity index (χ2n) is 7.64. The number of rotatable bonds is 6. The lowest BCUT2D eigenvalue weighted by molar-refractivity contribution is 0.153. The topological polar surface area (TPSA) is 53.4 Å². The lowest BCUT2D eigenvalue weighted by Crippen LogP contribution is -2.48. The number of likely N-dealkylation sites (tertiary alicyclic amines) is 2. The van der Waals surface area contributed by atoms with Crippen molar-refractivity contribution in [2.75, 3.05) is 39.3 Å². The highest BCUT2D eigenvalue weighted by atomic mass is 16.2. The molecule has 0 saturated carbocycles. The Morgan fingerprint density at radius 2 is 2.04 bits per heavy atom. The van der Waals surface area contributed by atoms with Crippen LogP contribution >= 0.6 is 0 Å². The molecule has 140 valence electrons. The fraction of sp³-hybridized carbons (Fsp3) is 0.789. The van der Waals surface area contributed by atoms with Crippen molar-refractivity contribution < 1.29 is 4.79 Å². The molecule has 0 radical (unpaired) electrons. The molecule has 2 saturated heterocycles. The minimum absolute atomic E-state index is 0.110. The summed E-state index contributed by atoms with van der Waals surface area (Å²) in [4.78, 5) is 21.1. The van der Waals surface area contributed by atoms with E-state index in [1.54, 1.807) is 0 Å². The smallest absolute Gasteiger partial charge is 0.317 e. The molecule has 0 unspecified atom stereocenters. The summed E-state index contributed by atoms with van der Waals surface area (Å²) in [6.45, 7) is 9.10. The van der Waals surface area contributed by atoms with E-state index in [2.05, 4.69) is 26.7 Å². The van der Waals surface area contributed by atoms with Gasteiger partial charge in [-0.2, -0.15) is 0 Å². The van der Waals surface area contributed by atoms with Gasteiger partial charge in [-0.05, 0) is 50.6 Å². The van der Waals surface area contributed by atoms with Crippen LogP contribution in [0.1, 0.15) is 39.0 Å². The first-order valence-corrected chi connectivity index (χ1v) is 9.95. The molecule has 6 nitrogen and oxygen atoms in total. The number of hydrogen-bond acceptors (Lipinski definition) is 3. The molecule has 2 aliphatic heterocycles. The van der Waals surface area contributed by atoms with E-state index < -0.39 is 0 Å². The molecule has 1 atom stereocenters. The van der Waals surface area contributed by atoms with Crippen LogP contribution in [-0.4, -0.2) is 64.7 Å². The van der Waals surface area contributed by atoms with Gasteiger partial charge in [0.2, 0.25) is 0 Å². The summed E-state index contributed by atoms with van der Waals surface area (Å²) in [5.41, 5.74) is 0. The van der Waals surface area contributed by atoms with E-state index in [0.29, 0.717) is 5.92 Å². The molecule has 25 heavy (non-hydrogen) atoms. The first-order valence-electron chi connectivity index (χ1n) is 9.95. The van der Waals surface area contributed by atoms with Crippen LogP contribution in [0.15, 0.2) is 18.7 Å². The largest absolute Gasteiger partial charge is 0.337 e.